The van der Waals surface area contributed by atoms with E-state index in [9.17, 15) is 9.59 Å². The lowest BCUT2D eigenvalue weighted by Crippen LogP contribution is -2.52. The maximum atomic E-state index is 12.5. The minimum atomic E-state index is 0. The summed E-state index contributed by atoms with van der Waals surface area (Å²) in [5.41, 5.74) is 0.961. The molecule has 0 saturated carbocycles. The Bertz CT molecular complexity index is 587. The number of rotatable bonds is 5. The highest BCUT2D eigenvalue weighted by Crippen LogP contribution is 2.11. The molecule has 0 aromatic heterocycles. The molecule has 2 aliphatic heterocycles. The van der Waals surface area contributed by atoms with Crippen LogP contribution in [0.25, 0.3) is 0 Å². The van der Waals surface area contributed by atoms with Gasteiger partial charge in [0.05, 0.1) is 13.1 Å². The van der Waals surface area contributed by atoms with Crippen molar-refractivity contribution in [2.24, 2.45) is 0 Å². The number of likely N-dealkylation sites (tertiary alicyclic amines) is 1. The Balaban J connectivity index is 0.00000196. The average Bonchev–Trinajstić information content (AvgIpc) is 2.97. The Kier molecular flexibility index (Phi) is 11.3. The van der Waals surface area contributed by atoms with Crippen LogP contribution in [0.1, 0.15) is 25.7 Å². The van der Waals surface area contributed by atoms with Gasteiger partial charge in [0.1, 0.15) is 0 Å². The summed E-state index contributed by atoms with van der Waals surface area (Å²) < 4.78 is 0. The van der Waals surface area contributed by atoms with Crippen LogP contribution >= 0.6 is 24.8 Å². The minimum absolute atomic E-state index is 0. The SMILES string of the molecule is Cl.Cl.O=C(CNc1ccccc1)N1CCN(CC(=O)N2CCCCCC2)CC1. The van der Waals surface area contributed by atoms with Gasteiger partial charge in [-0.05, 0) is 25.0 Å². The summed E-state index contributed by atoms with van der Waals surface area (Å²) in [6, 6.07) is 9.78. The molecule has 1 aromatic rings. The van der Waals surface area contributed by atoms with E-state index in [-0.39, 0.29) is 36.6 Å². The van der Waals surface area contributed by atoms with Crippen molar-refractivity contribution in [3.63, 3.8) is 0 Å². The Morgan fingerprint density at radius 2 is 1.32 bits per heavy atom. The molecule has 2 heterocycles. The molecule has 2 saturated heterocycles. The van der Waals surface area contributed by atoms with Crippen LogP contribution in [0, 0.1) is 0 Å². The zero-order chi connectivity index (χ0) is 18.2. The van der Waals surface area contributed by atoms with Gasteiger partial charge in [-0.2, -0.15) is 0 Å². The molecule has 1 N–H and O–H groups in total. The molecule has 0 aliphatic carbocycles. The number of nitrogens with one attached hydrogen (secondary N) is 1. The number of benzene rings is 1. The summed E-state index contributed by atoms with van der Waals surface area (Å²) in [4.78, 5) is 30.9. The van der Waals surface area contributed by atoms with Crippen molar-refractivity contribution in [1.82, 2.24) is 14.7 Å². The standard InChI is InChI=1S/C20H30N4O2.2ClH/c25-19(16-21-18-8-4-3-5-9-18)24-14-12-22(13-15-24)17-20(26)23-10-6-1-2-7-11-23;;/h3-5,8-9,21H,1-2,6-7,10-17H2;2*1H. The van der Waals surface area contributed by atoms with Gasteiger partial charge in [0, 0.05) is 45.0 Å². The van der Waals surface area contributed by atoms with Gasteiger partial charge in [0.15, 0.2) is 0 Å². The molecular formula is C20H32Cl2N4O2. The molecular weight excluding hydrogens is 399 g/mol. The van der Waals surface area contributed by atoms with E-state index in [1.165, 1.54) is 12.8 Å². The normalized spacial score (nSPS) is 17.7. The average molecular weight is 431 g/mol. The van der Waals surface area contributed by atoms with Crippen LogP contribution in [0.2, 0.25) is 0 Å². The van der Waals surface area contributed by atoms with E-state index in [1.807, 2.05) is 40.1 Å². The first-order valence-corrected chi connectivity index (χ1v) is 9.79. The molecule has 1 aromatic carbocycles. The van der Waals surface area contributed by atoms with E-state index >= 15 is 0 Å². The molecule has 0 bridgehead atoms. The maximum Gasteiger partial charge on any atom is 0.241 e. The van der Waals surface area contributed by atoms with Crippen molar-refractivity contribution in [3.8, 4) is 0 Å². The molecule has 0 atom stereocenters. The Labute approximate surface area is 180 Å². The Morgan fingerprint density at radius 3 is 1.93 bits per heavy atom. The van der Waals surface area contributed by atoms with Crippen LogP contribution in [0.15, 0.2) is 30.3 Å². The number of nitrogens with zero attached hydrogens (tertiary/aromatic N) is 3. The summed E-state index contributed by atoms with van der Waals surface area (Å²) in [5.74, 6) is 0.366. The number of carbonyl (C=O) groups is 2. The highest BCUT2D eigenvalue weighted by molar-refractivity contribution is 5.85. The number of para-hydroxylation sites is 1. The fraction of sp³-hybridized carbons (Fsp3) is 0.600. The number of hydrogen-bond donors (Lipinski definition) is 1. The molecule has 0 unspecified atom stereocenters. The zero-order valence-electron chi connectivity index (χ0n) is 16.3. The number of anilines is 1. The van der Waals surface area contributed by atoms with Crippen LogP contribution in [0.3, 0.4) is 0 Å². The van der Waals surface area contributed by atoms with Crippen molar-refractivity contribution in [3.05, 3.63) is 30.3 Å². The molecule has 2 fully saturated rings. The van der Waals surface area contributed by atoms with E-state index in [0.29, 0.717) is 26.2 Å². The van der Waals surface area contributed by atoms with Crippen LogP contribution in [-0.2, 0) is 9.59 Å². The molecule has 2 amide bonds. The second-order valence-electron chi connectivity index (χ2n) is 7.17. The van der Waals surface area contributed by atoms with Crippen molar-refractivity contribution in [2.45, 2.75) is 25.7 Å². The summed E-state index contributed by atoms with van der Waals surface area (Å²) in [5, 5.41) is 3.17. The largest absolute Gasteiger partial charge is 0.376 e. The molecule has 8 heteroatoms. The molecule has 2 aliphatic rings. The van der Waals surface area contributed by atoms with Crippen molar-refractivity contribution >= 4 is 42.3 Å². The van der Waals surface area contributed by atoms with Gasteiger partial charge < -0.3 is 15.1 Å². The first-order chi connectivity index (χ1) is 12.7. The van der Waals surface area contributed by atoms with E-state index in [1.54, 1.807) is 0 Å². The second kappa shape index (κ2) is 12.9. The van der Waals surface area contributed by atoms with Crippen LogP contribution in [-0.4, -0.2) is 78.9 Å². The number of carbonyl (C=O) groups excluding carboxylic acids is 2. The number of halogens is 2. The lowest BCUT2D eigenvalue weighted by molar-refractivity contribution is -0.134. The van der Waals surface area contributed by atoms with Gasteiger partial charge in [0.25, 0.3) is 0 Å². The number of amides is 2. The summed E-state index contributed by atoms with van der Waals surface area (Å²) in [6.07, 6.45) is 4.73. The third-order valence-electron chi connectivity index (χ3n) is 5.26. The van der Waals surface area contributed by atoms with Crippen molar-refractivity contribution < 1.29 is 9.59 Å². The summed E-state index contributed by atoms with van der Waals surface area (Å²) >= 11 is 0. The topological polar surface area (TPSA) is 55.9 Å². The number of piperazine rings is 1. The highest BCUT2D eigenvalue weighted by Gasteiger charge is 2.24. The third-order valence-corrected chi connectivity index (χ3v) is 5.26. The third kappa shape index (κ3) is 7.49. The van der Waals surface area contributed by atoms with E-state index in [4.69, 9.17) is 0 Å². The van der Waals surface area contributed by atoms with Gasteiger partial charge in [-0.25, -0.2) is 0 Å². The lowest BCUT2D eigenvalue weighted by atomic mass is 10.2. The van der Waals surface area contributed by atoms with Crippen LogP contribution in [0.5, 0.6) is 0 Å². The van der Waals surface area contributed by atoms with Gasteiger partial charge >= 0.3 is 0 Å². The monoisotopic (exact) mass is 430 g/mol. The fourth-order valence-corrected chi connectivity index (χ4v) is 3.61. The Hall–Kier alpha value is -1.50. The quantitative estimate of drug-likeness (QED) is 0.779. The van der Waals surface area contributed by atoms with E-state index in [2.05, 4.69) is 10.2 Å². The Morgan fingerprint density at radius 1 is 0.750 bits per heavy atom. The molecule has 158 valence electrons. The van der Waals surface area contributed by atoms with Gasteiger partial charge in [-0.15, -0.1) is 24.8 Å². The highest BCUT2D eigenvalue weighted by atomic mass is 35.5. The minimum Gasteiger partial charge on any atom is -0.376 e. The fourth-order valence-electron chi connectivity index (χ4n) is 3.61. The van der Waals surface area contributed by atoms with Crippen LogP contribution in [0.4, 0.5) is 5.69 Å². The van der Waals surface area contributed by atoms with Gasteiger partial charge in [-0.1, -0.05) is 31.0 Å². The maximum absolute atomic E-state index is 12.5. The molecule has 28 heavy (non-hydrogen) atoms. The zero-order valence-corrected chi connectivity index (χ0v) is 18.0. The summed E-state index contributed by atoms with van der Waals surface area (Å²) in [7, 11) is 0. The molecule has 0 radical (unpaired) electrons. The van der Waals surface area contributed by atoms with Gasteiger partial charge in [0.2, 0.25) is 11.8 Å². The lowest BCUT2D eigenvalue weighted by Gasteiger charge is -2.35. The summed E-state index contributed by atoms with van der Waals surface area (Å²) in [6.45, 7) is 5.56. The smallest absolute Gasteiger partial charge is 0.241 e. The molecule has 6 nitrogen and oxygen atoms in total. The van der Waals surface area contributed by atoms with Gasteiger partial charge in [-0.3, -0.25) is 14.5 Å². The van der Waals surface area contributed by atoms with Crippen molar-refractivity contribution in [1.29, 1.82) is 0 Å². The molecule has 0 spiro atoms. The first kappa shape index (κ1) is 24.5. The molecule has 3 rings (SSSR count). The van der Waals surface area contributed by atoms with Crippen molar-refractivity contribution in [2.75, 3.05) is 57.7 Å². The second-order valence-corrected chi connectivity index (χ2v) is 7.17. The first-order valence-electron chi connectivity index (χ1n) is 9.79. The van der Waals surface area contributed by atoms with Crippen LogP contribution < -0.4 is 5.32 Å². The van der Waals surface area contributed by atoms with E-state index in [0.717, 1.165) is 44.7 Å². The number of hydrogen-bond acceptors (Lipinski definition) is 4. The van der Waals surface area contributed by atoms with E-state index < -0.39 is 0 Å². The predicted molar refractivity (Wildman–Crippen MR) is 117 cm³/mol. The predicted octanol–water partition coefficient (Wildman–Crippen LogP) is 2.49.